The second-order valence-electron chi connectivity index (χ2n) is 8.12. The highest BCUT2D eigenvalue weighted by Gasteiger charge is 2.13. The molecule has 3 nitrogen and oxygen atoms in total. The van der Waals surface area contributed by atoms with E-state index in [0.717, 1.165) is 10.5 Å². The predicted molar refractivity (Wildman–Crippen MR) is 137 cm³/mol. The molecular formula is C27H18N2OS2. The fraction of sp³-hybridized carbons (Fsp3) is 0.0370. The number of thiophene rings is 2. The van der Waals surface area contributed by atoms with Gasteiger partial charge in [-0.2, -0.15) is 0 Å². The second-order valence-corrected chi connectivity index (χ2v) is 10.4. The normalized spacial score (nSPS) is 12.0. The molecule has 32 heavy (non-hydrogen) atoms. The van der Waals surface area contributed by atoms with Gasteiger partial charge in [-0.1, -0.05) is 35.6 Å². The summed E-state index contributed by atoms with van der Waals surface area (Å²) in [5.41, 5.74) is 2.39. The second kappa shape index (κ2) is 6.48. The molecule has 1 N–H and O–H groups in total. The predicted octanol–water partition coefficient (Wildman–Crippen LogP) is 8.02. The van der Waals surface area contributed by atoms with Gasteiger partial charge in [0.2, 0.25) is 0 Å². The van der Waals surface area contributed by atoms with Crippen LogP contribution in [0.5, 0.6) is 5.06 Å². The van der Waals surface area contributed by atoms with Crippen molar-refractivity contribution in [3.05, 3.63) is 90.1 Å². The molecule has 0 aliphatic carbocycles. The van der Waals surface area contributed by atoms with Crippen molar-refractivity contribution < 1.29 is 5.11 Å². The first-order chi connectivity index (χ1) is 15.7. The van der Waals surface area contributed by atoms with E-state index in [1.807, 2.05) is 17.4 Å². The third-order valence-corrected chi connectivity index (χ3v) is 8.20. The molecule has 0 bridgehead atoms. The van der Waals surface area contributed by atoms with Gasteiger partial charge >= 0.3 is 0 Å². The van der Waals surface area contributed by atoms with Gasteiger partial charge in [0.1, 0.15) is 5.00 Å². The highest BCUT2D eigenvalue weighted by Crippen LogP contribution is 2.38. The molecule has 0 unspecified atom stereocenters. The minimum absolute atomic E-state index is 0.335. The zero-order chi connectivity index (χ0) is 21.4. The lowest BCUT2D eigenvalue weighted by Gasteiger charge is -2.09. The van der Waals surface area contributed by atoms with Crippen LogP contribution in [-0.4, -0.2) is 14.2 Å². The van der Waals surface area contributed by atoms with Crippen molar-refractivity contribution in [2.24, 2.45) is 0 Å². The van der Waals surface area contributed by atoms with Crippen LogP contribution in [0.4, 0.5) is 0 Å². The van der Waals surface area contributed by atoms with E-state index < -0.39 is 0 Å². The van der Waals surface area contributed by atoms with Crippen LogP contribution < -0.4 is 0 Å². The van der Waals surface area contributed by atoms with Crippen LogP contribution in [0.15, 0.2) is 85.2 Å². The minimum Gasteiger partial charge on any atom is -0.499 e. The number of benzene rings is 3. The first kappa shape index (κ1) is 18.1. The van der Waals surface area contributed by atoms with Crippen molar-refractivity contribution in [2.45, 2.75) is 6.92 Å². The molecule has 0 atom stereocenters. The Kier molecular flexibility index (Phi) is 3.66. The van der Waals surface area contributed by atoms with Crippen molar-refractivity contribution in [3.8, 4) is 15.1 Å². The lowest BCUT2D eigenvalue weighted by molar-refractivity contribution is 0.491. The minimum atomic E-state index is 0.335. The van der Waals surface area contributed by atoms with Crippen LogP contribution in [-0.2, 0) is 0 Å². The molecule has 0 aliphatic rings. The maximum atomic E-state index is 9.78. The summed E-state index contributed by atoms with van der Waals surface area (Å²) in [6, 6.07) is 25.9. The van der Waals surface area contributed by atoms with E-state index in [-0.39, 0.29) is 0 Å². The number of fused-ring (bicyclic) bond motifs is 7. The first-order valence-electron chi connectivity index (χ1n) is 10.5. The fourth-order valence-corrected chi connectivity index (χ4v) is 6.46. The summed E-state index contributed by atoms with van der Waals surface area (Å²) in [5.74, 6) is 0. The Morgan fingerprint density at radius 1 is 0.531 bits per heavy atom. The van der Waals surface area contributed by atoms with Gasteiger partial charge < -0.3 is 14.2 Å². The van der Waals surface area contributed by atoms with E-state index >= 15 is 0 Å². The summed E-state index contributed by atoms with van der Waals surface area (Å²) >= 11 is 3.21. The molecule has 0 radical (unpaired) electrons. The van der Waals surface area contributed by atoms with Gasteiger partial charge in [0, 0.05) is 28.0 Å². The largest absolute Gasteiger partial charge is 0.499 e. The quantitative estimate of drug-likeness (QED) is 0.266. The van der Waals surface area contributed by atoms with Crippen LogP contribution in [0.3, 0.4) is 0 Å². The maximum absolute atomic E-state index is 9.78. The van der Waals surface area contributed by atoms with Gasteiger partial charge in [0.25, 0.3) is 0 Å². The number of hydrogen-bond donors (Lipinski definition) is 1. The monoisotopic (exact) mass is 450 g/mol. The lowest BCUT2D eigenvalue weighted by Crippen LogP contribution is -1.89. The van der Waals surface area contributed by atoms with Crippen molar-refractivity contribution in [3.63, 3.8) is 0 Å². The average molecular weight is 451 g/mol. The maximum Gasteiger partial charge on any atom is 0.173 e. The van der Waals surface area contributed by atoms with E-state index in [2.05, 4.69) is 89.1 Å². The van der Waals surface area contributed by atoms with Crippen LogP contribution in [0.25, 0.3) is 53.4 Å². The Bertz CT molecular complexity index is 1680. The molecule has 4 aromatic heterocycles. The first-order valence-corrected chi connectivity index (χ1v) is 12.1. The smallest absolute Gasteiger partial charge is 0.173 e. The van der Waals surface area contributed by atoms with Gasteiger partial charge in [-0.25, -0.2) is 0 Å². The number of rotatable bonds is 2. The summed E-state index contributed by atoms with van der Waals surface area (Å²) in [4.78, 5) is 1.32. The van der Waals surface area contributed by atoms with E-state index in [1.54, 1.807) is 6.07 Å². The molecule has 0 saturated carbocycles. The molecule has 5 heteroatoms. The van der Waals surface area contributed by atoms with Gasteiger partial charge in [-0.3, -0.25) is 0 Å². The molecule has 3 aromatic carbocycles. The van der Waals surface area contributed by atoms with Crippen molar-refractivity contribution >= 4 is 66.0 Å². The SMILES string of the molecule is Cc1ccc(-n2ccc3c4ccc5c(ccc6c5ccn6-c5ccc(O)s5)c4ccc32)s1. The van der Waals surface area contributed by atoms with Gasteiger partial charge in [-0.15, -0.1) is 11.3 Å². The molecular weight excluding hydrogens is 432 g/mol. The number of nitrogens with zero attached hydrogens (tertiary/aromatic N) is 2. The molecule has 0 fully saturated rings. The highest BCUT2D eigenvalue weighted by atomic mass is 32.1. The Balaban J connectivity index is 1.47. The van der Waals surface area contributed by atoms with Gasteiger partial charge in [0.05, 0.1) is 16.0 Å². The summed E-state index contributed by atoms with van der Waals surface area (Å²) < 4.78 is 4.44. The number of aromatic nitrogens is 2. The van der Waals surface area contributed by atoms with E-state index in [1.165, 1.54) is 59.0 Å². The van der Waals surface area contributed by atoms with E-state index in [4.69, 9.17) is 0 Å². The molecule has 7 rings (SSSR count). The third-order valence-electron chi connectivity index (χ3n) is 6.31. The third kappa shape index (κ3) is 2.46. The summed E-state index contributed by atoms with van der Waals surface area (Å²) in [6.07, 6.45) is 4.27. The van der Waals surface area contributed by atoms with Crippen LogP contribution in [0.1, 0.15) is 4.88 Å². The van der Waals surface area contributed by atoms with Crippen molar-refractivity contribution in [2.75, 3.05) is 0 Å². The summed E-state index contributed by atoms with van der Waals surface area (Å²) in [5, 5.41) is 20.0. The van der Waals surface area contributed by atoms with E-state index in [0.29, 0.717) is 5.06 Å². The molecule has 0 aliphatic heterocycles. The number of aromatic hydroxyl groups is 1. The molecule has 0 saturated heterocycles. The fourth-order valence-electron chi connectivity index (χ4n) is 4.86. The molecule has 0 amide bonds. The highest BCUT2D eigenvalue weighted by molar-refractivity contribution is 7.16. The standard InChI is InChI=1S/C27H18N2OS2/c1-16-2-9-25(31-16)28-14-12-21-19-3-4-20-18(17(19)5-7-23(21)28)6-8-24-22(20)13-15-29(24)26-10-11-27(30)32-26/h2-15,30H,1H3. The number of hydrogen-bond acceptors (Lipinski definition) is 3. The Labute approximate surface area is 192 Å². The zero-order valence-corrected chi connectivity index (χ0v) is 18.9. The van der Waals surface area contributed by atoms with E-state index in [9.17, 15) is 5.11 Å². The van der Waals surface area contributed by atoms with Crippen molar-refractivity contribution in [1.29, 1.82) is 0 Å². The lowest BCUT2D eigenvalue weighted by atomic mass is 9.98. The molecule has 4 heterocycles. The van der Waals surface area contributed by atoms with Crippen LogP contribution >= 0.6 is 22.7 Å². The molecule has 7 aromatic rings. The topological polar surface area (TPSA) is 30.1 Å². The van der Waals surface area contributed by atoms with Gasteiger partial charge in [-0.05, 0) is 77.0 Å². The summed E-state index contributed by atoms with van der Waals surface area (Å²) in [7, 11) is 0. The zero-order valence-electron chi connectivity index (χ0n) is 17.2. The Morgan fingerprint density at radius 2 is 1.03 bits per heavy atom. The van der Waals surface area contributed by atoms with Gasteiger partial charge in [0.15, 0.2) is 5.06 Å². The average Bonchev–Trinajstić information content (AvgIpc) is 3.58. The Morgan fingerprint density at radius 3 is 1.53 bits per heavy atom. The molecule has 0 spiro atoms. The molecule has 154 valence electrons. The van der Waals surface area contributed by atoms with Crippen molar-refractivity contribution in [1.82, 2.24) is 9.13 Å². The van der Waals surface area contributed by atoms with Crippen LogP contribution in [0.2, 0.25) is 0 Å². The summed E-state index contributed by atoms with van der Waals surface area (Å²) in [6.45, 7) is 2.15. The number of aryl methyl sites for hydroxylation is 1. The van der Waals surface area contributed by atoms with Crippen LogP contribution in [0, 0.1) is 6.92 Å². The Hall–Kier alpha value is -3.54.